The second-order valence-electron chi connectivity index (χ2n) is 2.95. The summed E-state index contributed by atoms with van der Waals surface area (Å²) < 4.78 is 0. The Balaban J connectivity index is 2.49. The van der Waals surface area contributed by atoms with Crippen LogP contribution in [0.1, 0.15) is 6.42 Å². The standard InChI is InChI=1S/C10H14N2O2/c11-7-6-9(13)10(14)12-8-4-2-1-3-5-8/h1-5,9,13H,6-7,11H2,(H,12,14). The summed E-state index contributed by atoms with van der Waals surface area (Å²) >= 11 is 0. The van der Waals surface area contributed by atoms with Gasteiger partial charge in [-0.1, -0.05) is 18.2 Å². The largest absolute Gasteiger partial charge is 0.383 e. The number of hydrogen-bond donors (Lipinski definition) is 3. The van der Waals surface area contributed by atoms with E-state index in [2.05, 4.69) is 5.32 Å². The van der Waals surface area contributed by atoms with Crippen LogP contribution in [0.15, 0.2) is 30.3 Å². The van der Waals surface area contributed by atoms with Crippen LogP contribution in [0.2, 0.25) is 0 Å². The third-order valence-corrected chi connectivity index (χ3v) is 1.78. The highest BCUT2D eigenvalue weighted by Gasteiger charge is 2.13. The number of carbonyl (C=O) groups is 1. The van der Waals surface area contributed by atoms with Gasteiger partial charge < -0.3 is 16.2 Å². The zero-order valence-corrected chi connectivity index (χ0v) is 7.81. The van der Waals surface area contributed by atoms with Gasteiger partial charge in [0.05, 0.1) is 0 Å². The number of hydrogen-bond acceptors (Lipinski definition) is 3. The lowest BCUT2D eigenvalue weighted by molar-refractivity contribution is -0.124. The van der Waals surface area contributed by atoms with E-state index in [1.54, 1.807) is 12.1 Å². The molecule has 14 heavy (non-hydrogen) atoms. The predicted molar refractivity (Wildman–Crippen MR) is 54.7 cm³/mol. The van der Waals surface area contributed by atoms with Gasteiger partial charge in [0.15, 0.2) is 0 Å². The summed E-state index contributed by atoms with van der Waals surface area (Å²) in [6.45, 7) is 0.295. The van der Waals surface area contributed by atoms with Crippen LogP contribution in [0.5, 0.6) is 0 Å². The van der Waals surface area contributed by atoms with Crippen LogP contribution in [0.25, 0.3) is 0 Å². The molecule has 0 aliphatic carbocycles. The van der Waals surface area contributed by atoms with Crippen LogP contribution in [0.4, 0.5) is 5.69 Å². The SMILES string of the molecule is NCCC(O)C(=O)Nc1ccccc1. The number of carbonyl (C=O) groups excluding carboxylic acids is 1. The molecule has 4 nitrogen and oxygen atoms in total. The summed E-state index contributed by atoms with van der Waals surface area (Å²) in [4.78, 5) is 11.3. The number of nitrogens with one attached hydrogen (secondary N) is 1. The molecule has 0 aromatic heterocycles. The molecule has 0 saturated heterocycles. The van der Waals surface area contributed by atoms with Crippen LogP contribution >= 0.6 is 0 Å². The van der Waals surface area contributed by atoms with Crippen molar-refractivity contribution in [1.82, 2.24) is 0 Å². The first-order valence-electron chi connectivity index (χ1n) is 4.48. The molecule has 0 radical (unpaired) electrons. The fourth-order valence-corrected chi connectivity index (χ4v) is 1.04. The van der Waals surface area contributed by atoms with Crippen molar-refractivity contribution >= 4 is 11.6 Å². The lowest BCUT2D eigenvalue weighted by atomic mass is 10.2. The lowest BCUT2D eigenvalue weighted by Crippen LogP contribution is -2.29. The number of anilines is 1. The van der Waals surface area contributed by atoms with Crippen molar-refractivity contribution in [3.63, 3.8) is 0 Å². The molecule has 1 rings (SSSR count). The van der Waals surface area contributed by atoms with Crippen molar-refractivity contribution in [3.05, 3.63) is 30.3 Å². The summed E-state index contributed by atoms with van der Waals surface area (Å²) in [5.74, 6) is -0.415. The zero-order valence-electron chi connectivity index (χ0n) is 7.81. The van der Waals surface area contributed by atoms with E-state index in [0.717, 1.165) is 0 Å². The molecule has 0 aliphatic heterocycles. The molecule has 0 saturated carbocycles. The molecular formula is C10H14N2O2. The fraction of sp³-hybridized carbons (Fsp3) is 0.300. The average molecular weight is 194 g/mol. The molecule has 0 aliphatic rings. The molecule has 1 amide bonds. The number of para-hydroxylation sites is 1. The van der Waals surface area contributed by atoms with Crippen LogP contribution in [-0.4, -0.2) is 23.7 Å². The summed E-state index contributed by atoms with van der Waals surface area (Å²) in [5.41, 5.74) is 5.90. The van der Waals surface area contributed by atoms with Crippen molar-refractivity contribution in [1.29, 1.82) is 0 Å². The molecule has 1 aromatic carbocycles. The van der Waals surface area contributed by atoms with E-state index >= 15 is 0 Å². The molecule has 4 N–H and O–H groups in total. The minimum Gasteiger partial charge on any atom is -0.383 e. The minimum absolute atomic E-state index is 0.276. The summed E-state index contributed by atoms with van der Waals surface area (Å²) in [6, 6.07) is 8.99. The monoisotopic (exact) mass is 194 g/mol. The predicted octanol–water partition coefficient (Wildman–Crippen LogP) is 0.335. The third kappa shape index (κ3) is 3.16. The third-order valence-electron chi connectivity index (χ3n) is 1.78. The van der Waals surface area contributed by atoms with E-state index in [1.165, 1.54) is 0 Å². The lowest BCUT2D eigenvalue weighted by Gasteiger charge is -2.09. The second-order valence-corrected chi connectivity index (χ2v) is 2.95. The molecule has 1 aromatic rings. The van der Waals surface area contributed by atoms with Crippen LogP contribution < -0.4 is 11.1 Å². The van der Waals surface area contributed by atoms with Gasteiger partial charge in [-0.3, -0.25) is 4.79 Å². The van der Waals surface area contributed by atoms with Crippen molar-refractivity contribution < 1.29 is 9.90 Å². The number of benzene rings is 1. The van der Waals surface area contributed by atoms with E-state index in [-0.39, 0.29) is 6.42 Å². The maximum absolute atomic E-state index is 11.3. The van der Waals surface area contributed by atoms with Gasteiger partial charge in [-0.25, -0.2) is 0 Å². The number of aliphatic hydroxyl groups excluding tert-OH is 1. The topological polar surface area (TPSA) is 75.3 Å². The number of aliphatic hydroxyl groups is 1. The summed E-state index contributed by atoms with van der Waals surface area (Å²) in [6.07, 6.45) is -0.751. The number of rotatable bonds is 4. The van der Waals surface area contributed by atoms with Crippen molar-refractivity contribution in [2.45, 2.75) is 12.5 Å². The van der Waals surface area contributed by atoms with Gasteiger partial charge in [-0.2, -0.15) is 0 Å². The molecular weight excluding hydrogens is 180 g/mol. The first kappa shape index (κ1) is 10.7. The Morgan fingerprint density at radius 1 is 1.43 bits per heavy atom. The fourth-order valence-electron chi connectivity index (χ4n) is 1.04. The normalized spacial score (nSPS) is 12.1. The maximum Gasteiger partial charge on any atom is 0.253 e. The Hall–Kier alpha value is -1.39. The number of amides is 1. The van der Waals surface area contributed by atoms with Gasteiger partial charge in [0, 0.05) is 5.69 Å². The van der Waals surface area contributed by atoms with E-state index < -0.39 is 12.0 Å². The highest BCUT2D eigenvalue weighted by Crippen LogP contribution is 2.05. The van der Waals surface area contributed by atoms with E-state index in [9.17, 15) is 9.90 Å². The van der Waals surface area contributed by atoms with Crippen LogP contribution in [0.3, 0.4) is 0 Å². The number of nitrogens with two attached hydrogens (primary N) is 1. The van der Waals surface area contributed by atoms with E-state index in [4.69, 9.17) is 5.73 Å². The van der Waals surface area contributed by atoms with Crippen LogP contribution in [0, 0.1) is 0 Å². The minimum atomic E-state index is -1.03. The molecule has 0 spiro atoms. The van der Waals surface area contributed by atoms with Gasteiger partial charge in [0.1, 0.15) is 6.10 Å². The first-order chi connectivity index (χ1) is 6.74. The van der Waals surface area contributed by atoms with Gasteiger partial charge >= 0.3 is 0 Å². The van der Waals surface area contributed by atoms with Crippen molar-refractivity contribution in [2.75, 3.05) is 11.9 Å². The summed E-state index contributed by atoms with van der Waals surface area (Å²) in [5, 5.41) is 11.9. The zero-order chi connectivity index (χ0) is 10.4. The molecule has 1 atom stereocenters. The van der Waals surface area contributed by atoms with Crippen molar-refractivity contribution in [2.24, 2.45) is 5.73 Å². The van der Waals surface area contributed by atoms with E-state index in [1.807, 2.05) is 18.2 Å². The molecule has 0 bridgehead atoms. The van der Waals surface area contributed by atoms with Gasteiger partial charge in [0.2, 0.25) is 0 Å². The quantitative estimate of drug-likeness (QED) is 0.646. The highest BCUT2D eigenvalue weighted by atomic mass is 16.3. The Bertz CT molecular complexity index is 287. The Kier molecular flexibility index (Phi) is 4.10. The van der Waals surface area contributed by atoms with Crippen LogP contribution in [-0.2, 0) is 4.79 Å². The molecule has 0 fully saturated rings. The highest BCUT2D eigenvalue weighted by molar-refractivity contribution is 5.93. The molecule has 4 heteroatoms. The van der Waals surface area contributed by atoms with Gasteiger partial charge in [0.25, 0.3) is 5.91 Å². The van der Waals surface area contributed by atoms with Gasteiger partial charge in [-0.05, 0) is 25.1 Å². The smallest absolute Gasteiger partial charge is 0.253 e. The Morgan fingerprint density at radius 3 is 2.64 bits per heavy atom. The maximum atomic E-state index is 11.3. The van der Waals surface area contributed by atoms with Gasteiger partial charge in [-0.15, -0.1) is 0 Å². The first-order valence-corrected chi connectivity index (χ1v) is 4.48. The van der Waals surface area contributed by atoms with Crippen molar-refractivity contribution in [3.8, 4) is 0 Å². The average Bonchev–Trinajstić information content (AvgIpc) is 2.19. The Labute approximate surface area is 82.7 Å². The second kappa shape index (κ2) is 5.36. The Morgan fingerprint density at radius 2 is 2.07 bits per heavy atom. The van der Waals surface area contributed by atoms with E-state index in [0.29, 0.717) is 12.2 Å². The summed E-state index contributed by atoms with van der Waals surface area (Å²) in [7, 11) is 0. The molecule has 1 unspecified atom stereocenters. The molecule has 0 heterocycles. The molecule has 76 valence electrons.